The number of aliphatic hydroxyl groups excluding tert-OH is 1. The molecule has 8 nitrogen and oxygen atoms in total. The largest absolute Gasteiger partial charge is 0.391 e. The van der Waals surface area contributed by atoms with Gasteiger partial charge in [-0.1, -0.05) is 31.2 Å². The van der Waals surface area contributed by atoms with Gasteiger partial charge in [-0.15, -0.1) is 0 Å². The Labute approximate surface area is 181 Å². The van der Waals surface area contributed by atoms with E-state index in [1.54, 1.807) is 12.5 Å². The Kier molecular flexibility index (Phi) is 5.31. The van der Waals surface area contributed by atoms with Crippen molar-refractivity contribution in [3.8, 4) is 0 Å². The Bertz CT molecular complexity index is 1080. The van der Waals surface area contributed by atoms with Gasteiger partial charge in [0.1, 0.15) is 12.0 Å². The Morgan fingerprint density at radius 3 is 2.81 bits per heavy atom. The van der Waals surface area contributed by atoms with E-state index in [0.717, 1.165) is 49.2 Å². The van der Waals surface area contributed by atoms with Crippen LogP contribution in [0, 0.1) is 11.8 Å². The predicted octanol–water partition coefficient (Wildman–Crippen LogP) is 2.24. The third-order valence-corrected chi connectivity index (χ3v) is 6.66. The van der Waals surface area contributed by atoms with Crippen molar-refractivity contribution in [2.75, 3.05) is 18.0 Å². The molecule has 1 aliphatic heterocycles. The lowest BCUT2D eigenvalue weighted by Gasteiger charge is -2.35. The van der Waals surface area contributed by atoms with Crippen molar-refractivity contribution in [2.45, 2.75) is 44.9 Å². The van der Waals surface area contributed by atoms with Crippen LogP contribution in [-0.4, -0.2) is 56.0 Å². The highest BCUT2D eigenvalue weighted by molar-refractivity contribution is 6.05. The number of fused-ring (bicyclic) bond motifs is 2. The average molecular weight is 421 g/mol. The molecule has 4 atom stereocenters. The van der Waals surface area contributed by atoms with E-state index < -0.39 is 6.10 Å². The van der Waals surface area contributed by atoms with Crippen LogP contribution in [0.15, 0.2) is 42.9 Å². The van der Waals surface area contributed by atoms with Gasteiger partial charge in [0.25, 0.3) is 5.91 Å². The Morgan fingerprint density at radius 2 is 1.97 bits per heavy atom. The molecule has 2 N–H and O–H groups in total. The lowest BCUT2D eigenvalue weighted by Crippen LogP contribution is -2.49. The molecule has 2 aliphatic rings. The van der Waals surface area contributed by atoms with Crippen LogP contribution in [0.3, 0.4) is 0 Å². The summed E-state index contributed by atoms with van der Waals surface area (Å²) >= 11 is 0. The van der Waals surface area contributed by atoms with E-state index in [9.17, 15) is 9.90 Å². The lowest BCUT2D eigenvalue weighted by atomic mass is 9.77. The van der Waals surface area contributed by atoms with E-state index in [4.69, 9.17) is 0 Å². The molecular formula is C23H28N6O2. The molecule has 8 heteroatoms. The molecule has 0 spiro atoms. The van der Waals surface area contributed by atoms with E-state index in [-0.39, 0.29) is 11.9 Å². The molecule has 2 fully saturated rings. The molecule has 0 unspecified atom stereocenters. The maximum atomic E-state index is 13.0. The van der Waals surface area contributed by atoms with Gasteiger partial charge in [-0.05, 0) is 42.6 Å². The summed E-state index contributed by atoms with van der Waals surface area (Å²) in [6, 6.07) is 9.36. The molecule has 162 valence electrons. The first-order chi connectivity index (χ1) is 15.1. The summed E-state index contributed by atoms with van der Waals surface area (Å²) in [5.41, 5.74) is 0.410. The van der Waals surface area contributed by atoms with E-state index in [0.29, 0.717) is 24.0 Å². The standard InChI is InChI=1S/C23H28N6O2/c1-2-9-29-23(25-14-26-29)28-12-16-10-19(20(30)11-17(16)13-28)27-22(31)21-18-6-4-3-5-15(18)7-8-24-21/h3-8,14,16-17,19-20,30H,2,9-13H2,1H3,(H,27,31)/t16-,17+,19-,20-/m0/s1. The molecule has 2 aromatic heterocycles. The van der Waals surface area contributed by atoms with Crippen LogP contribution >= 0.6 is 0 Å². The number of hydrogen-bond donors (Lipinski definition) is 2. The second-order valence-electron chi connectivity index (χ2n) is 8.71. The van der Waals surface area contributed by atoms with Crippen LogP contribution in [0.2, 0.25) is 0 Å². The van der Waals surface area contributed by atoms with Crippen molar-refractivity contribution < 1.29 is 9.90 Å². The zero-order valence-electron chi connectivity index (χ0n) is 17.7. The number of carbonyl (C=O) groups is 1. The molecule has 5 rings (SSSR count). The minimum atomic E-state index is -0.561. The van der Waals surface area contributed by atoms with Gasteiger partial charge in [-0.25, -0.2) is 4.68 Å². The number of aryl methyl sites for hydroxylation is 1. The molecule has 31 heavy (non-hydrogen) atoms. The van der Waals surface area contributed by atoms with Gasteiger partial charge in [0.2, 0.25) is 5.95 Å². The number of pyridine rings is 1. The van der Waals surface area contributed by atoms with Crippen molar-refractivity contribution in [3.05, 3.63) is 48.5 Å². The molecule has 0 bridgehead atoms. The highest BCUT2D eigenvalue weighted by Gasteiger charge is 2.43. The topological polar surface area (TPSA) is 96.2 Å². The third-order valence-electron chi connectivity index (χ3n) is 6.66. The average Bonchev–Trinajstić information content (AvgIpc) is 3.40. The van der Waals surface area contributed by atoms with Crippen molar-refractivity contribution in [3.63, 3.8) is 0 Å². The predicted molar refractivity (Wildman–Crippen MR) is 118 cm³/mol. The lowest BCUT2D eigenvalue weighted by molar-refractivity contribution is 0.0461. The fraction of sp³-hybridized carbons (Fsp3) is 0.478. The summed E-state index contributed by atoms with van der Waals surface area (Å²) in [6.07, 6.45) is 5.14. The number of nitrogens with zero attached hydrogens (tertiary/aromatic N) is 5. The Balaban J connectivity index is 1.29. The van der Waals surface area contributed by atoms with Gasteiger partial charge in [0, 0.05) is 31.2 Å². The fourth-order valence-corrected chi connectivity index (χ4v) is 5.16. The number of nitrogens with one attached hydrogen (secondary N) is 1. The van der Waals surface area contributed by atoms with Crippen molar-refractivity contribution in [1.29, 1.82) is 0 Å². The zero-order chi connectivity index (χ0) is 21.4. The second-order valence-corrected chi connectivity index (χ2v) is 8.71. The summed E-state index contributed by atoms with van der Waals surface area (Å²) in [6.45, 7) is 4.72. The molecule has 1 saturated carbocycles. The smallest absolute Gasteiger partial charge is 0.270 e. The number of rotatable bonds is 5. The monoisotopic (exact) mass is 420 g/mol. The molecule has 1 amide bonds. The number of amides is 1. The van der Waals surface area contributed by atoms with Crippen molar-refractivity contribution in [2.24, 2.45) is 11.8 Å². The second kappa shape index (κ2) is 8.26. The normalized spacial score (nSPS) is 25.5. The number of hydrogen-bond acceptors (Lipinski definition) is 6. The molecule has 3 heterocycles. The van der Waals surface area contributed by atoms with Crippen LogP contribution in [-0.2, 0) is 6.54 Å². The summed E-state index contributed by atoms with van der Waals surface area (Å²) in [5.74, 6) is 1.48. The number of aromatic nitrogens is 4. The Hall–Kier alpha value is -3.00. The van der Waals surface area contributed by atoms with Crippen LogP contribution in [0.1, 0.15) is 36.7 Å². The minimum absolute atomic E-state index is 0.225. The molecule has 3 aromatic rings. The SMILES string of the molecule is CCCn1ncnc1N1C[C@H]2C[C@H](O)[C@@H](NC(=O)c3nccc4ccccc34)C[C@H]2C1. The Morgan fingerprint density at radius 1 is 1.16 bits per heavy atom. The minimum Gasteiger partial charge on any atom is -0.391 e. The van der Waals surface area contributed by atoms with Gasteiger partial charge in [-0.3, -0.25) is 9.78 Å². The number of anilines is 1. The van der Waals surface area contributed by atoms with Crippen molar-refractivity contribution in [1.82, 2.24) is 25.1 Å². The molecule has 0 radical (unpaired) electrons. The van der Waals surface area contributed by atoms with Crippen molar-refractivity contribution >= 4 is 22.6 Å². The van der Waals surface area contributed by atoms with Crippen LogP contribution in [0.5, 0.6) is 0 Å². The molecule has 1 aliphatic carbocycles. The first-order valence-corrected chi connectivity index (χ1v) is 11.1. The van der Waals surface area contributed by atoms with Gasteiger partial charge < -0.3 is 15.3 Å². The molecule has 1 saturated heterocycles. The van der Waals surface area contributed by atoms with Crippen LogP contribution in [0.25, 0.3) is 10.8 Å². The zero-order valence-corrected chi connectivity index (χ0v) is 17.7. The molecular weight excluding hydrogens is 392 g/mol. The fourth-order valence-electron chi connectivity index (χ4n) is 5.16. The number of carbonyl (C=O) groups excluding carboxylic acids is 1. The van der Waals surface area contributed by atoms with Gasteiger partial charge in [0.05, 0.1) is 12.1 Å². The maximum absolute atomic E-state index is 13.0. The van der Waals surface area contributed by atoms with E-state index in [1.807, 2.05) is 35.0 Å². The first kappa shape index (κ1) is 19.9. The van der Waals surface area contributed by atoms with E-state index >= 15 is 0 Å². The third kappa shape index (κ3) is 3.76. The highest BCUT2D eigenvalue weighted by atomic mass is 16.3. The summed E-state index contributed by atoms with van der Waals surface area (Å²) in [7, 11) is 0. The maximum Gasteiger partial charge on any atom is 0.270 e. The van der Waals surface area contributed by atoms with Gasteiger partial charge in [-0.2, -0.15) is 10.1 Å². The van der Waals surface area contributed by atoms with Gasteiger partial charge >= 0.3 is 0 Å². The van der Waals surface area contributed by atoms with E-state index in [2.05, 4.69) is 32.2 Å². The molecule has 1 aromatic carbocycles. The van der Waals surface area contributed by atoms with Crippen LogP contribution < -0.4 is 10.2 Å². The highest BCUT2D eigenvalue weighted by Crippen LogP contribution is 2.38. The number of benzene rings is 1. The quantitative estimate of drug-likeness (QED) is 0.657. The van der Waals surface area contributed by atoms with Crippen LogP contribution in [0.4, 0.5) is 5.95 Å². The summed E-state index contributed by atoms with van der Waals surface area (Å²) < 4.78 is 1.96. The van der Waals surface area contributed by atoms with E-state index in [1.165, 1.54) is 0 Å². The summed E-state index contributed by atoms with van der Waals surface area (Å²) in [4.78, 5) is 24.1. The van der Waals surface area contributed by atoms with Gasteiger partial charge in [0.15, 0.2) is 0 Å². The summed E-state index contributed by atoms with van der Waals surface area (Å²) in [5, 5.41) is 20.0. The first-order valence-electron chi connectivity index (χ1n) is 11.1. The number of aliphatic hydroxyl groups is 1.